The van der Waals surface area contributed by atoms with Gasteiger partial charge in [0.2, 0.25) is 0 Å². The average molecular weight is 302 g/mol. The van der Waals surface area contributed by atoms with Crippen LogP contribution in [0, 0.1) is 0 Å². The highest BCUT2D eigenvalue weighted by Crippen LogP contribution is 2.20. The number of nitrogens with zero attached hydrogens (tertiary/aromatic N) is 1. The highest BCUT2D eigenvalue weighted by Gasteiger charge is 2.36. The van der Waals surface area contributed by atoms with Crippen LogP contribution in [0.4, 0.5) is 0 Å². The maximum absolute atomic E-state index is 11.7. The lowest BCUT2D eigenvalue weighted by Crippen LogP contribution is -2.54. The fraction of sp³-hybridized carbons (Fsp3) is 0.938. The minimum Gasteiger partial charge on any atom is -0.480 e. The van der Waals surface area contributed by atoms with Gasteiger partial charge in [-0.05, 0) is 53.1 Å². The van der Waals surface area contributed by atoms with Gasteiger partial charge in [0.1, 0.15) is 5.54 Å². The number of hydrogen-bond acceptors (Lipinski definition) is 4. The number of carboxylic acids is 1. The largest absolute Gasteiger partial charge is 0.480 e. The molecule has 5 nitrogen and oxygen atoms in total. The second kappa shape index (κ2) is 10.1. The van der Waals surface area contributed by atoms with E-state index in [0.29, 0.717) is 25.5 Å². The summed E-state index contributed by atoms with van der Waals surface area (Å²) in [5, 5.41) is 12.8. The number of ether oxygens (including phenoxy) is 1. The molecule has 0 aromatic rings. The van der Waals surface area contributed by atoms with E-state index in [1.165, 1.54) is 0 Å². The summed E-state index contributed by atoms with van der Waals surface area (Å²) in [7, 11) is 1.71. The van der Waals surface area contributed by atoms with E-state index >= 15 is 0 Å². The first-order chi connectivity index (χ1) is 9.82. The van der Waals surface area contributed by atoms with E-state index in [2.05, 4.69) is 24.1 Å². The topological polar surface area (TPSA) is 61.8 Å². The Morgan fingerprint density at radius 1 is 1.33 bits per heavy atom. The molecule has 0 spiro atoms. The fourth-order valence-corrected chi connectivity index (χ4v) is 2.84. The van der Waals surface area contributed by atoms with E-state index in [-0.39, 0.29) is 6.04 Å². The summed E-state index contributed by atoms with van der Waals surface area (Å²) in [5.74, 6) is -0.744. The fourth-order valence-electron chi connectivity index (χ4n) is 2.84. The minimum absolute atomic E-state index is 0.163. The van der Waals surface area contributed by atoms with Gasteiger partial charge in [0.05, 0.1) is 6.61 Å². The Labute approximate surface area is 130 Å². The quantitative estimate of drug-likeness (QED) is 0.579. The number of rotatable bonds is 12. The molecule has 2 N–H and O–H groups in total. The second-order valence-electron chi connectivity index (χ2n) is 6.08. The van der Waals surface area contributed by atoms with Gasteiger partial charge in [-0.3, -0.25) is 15.0 Å². The first kappa shape index (κ1) is 20.3. The van der Waals surface area contributed by atoms with Gasteiger partial charge in [-0.1, -0.05) is 13.8 Å². The lowest BCUT2D eigenvalue weighted by atomic mass is 9.89. The van der Waals surface area contributed by atoms with Crippen LogP contribution in [0.15, 0.2) is 0 Å². The third-order valence-corrected chi connectivity index (χ3v) is 4.06. The molecule has 0 bridgehead atoms. The van der Waals surface area contributed by atoms with Crippen molar-refractivity contribution in [3.63, 3.8) is 0 Å². The Bertz CT molecular complexity index is 297. The van der Waals surface area contributed by atoms with Crippen LogP contribution < -0.4 is 5.32 Å². The molecule has 0 saturated carbocycles. The van der Waals surface area contributed by atoms with Gasteiger partial charge in [-0.2, -0.15) is 0 Å². The molecule has 21 heavy (non-hydrogen) atoms. The van der Waals surface area contributed by atoms with Crippen LogP contribution in [0.2, 0.25) is 0 Å². The number of carboxylic acid groups (broad SMARTS) is 1. The Kier molecular flexibility index (Phi) is 9.83. The Morgan fingerprint density at radius 3 is 2.33 bits per heavy atom. The summed E-state index contributed by atoms with van der Waals surface area (Å²) in [6.07, 6.45) is 2.11. The van der Waals surface area contributed by atoms with E-state index in [1.54, 1.807) is 7.11 Å². The zero-order chi connectivity index (χ0) is 16.5. The summed E-state index contributed by atoms with van der Waals surface area (Å²) in [6, 6.07) is 0.523. The summed E-state index contributed by atoms with van der Waals surface area (Å²) in [4.78, 5) is 14.0. The first-order valence-electron chi connectivity index (χ1n) is 8.07. The molecule has 0 aromatic heterocycles. The molecule has 0 aromatic carbocycles. The summed E-state index contributed by atoms with van der Waals surface area (Å²) >= 11 is 0. The summed E-state index contributed by atoms with van der Waals surface area (Å²) in [6.45, 7) is 12.7. The molecule has 0 aliphatic heterocycles. The standard InChI is InChI=1S/C16H34N2O3/c1-7-16(15(19)20,17-13(3)4)10-9-11-18(8-2)14(5)12-21-6/h13-14,17H,7-12H2,1-6H3,(H,19,20). The van der Waals surface area contributed by atoms with Crippen LogP contribution in [0.25, 0.3) is 0 Å². The molecular formula is C16H34N2O3. The van der Waals surface area contributed by atoms with Crippen molar-refractivity contribution in [2.75, 3.05) is 26.8 Å². The predicted molar refractivity (Wildman–Crippen MR) is 86.7 cm³/mol. The highest BCUT2D eigenvalue weighted by molar-refractivity contribution is 5.78. The van der Waals surface area contributed by atoms with Crippen molar-refractivity contribution in [3.05, 3.63) is 0 Å². The zero-order valence-electron chi connectivity index (χ0n) is 14.6. The Hall–Kier alpha value is -0.650. The molecule has 0 heterocycles. The molecule has 0 aliphatic rings. The molecule has 2 unspecified atom stereocenters. The van der Waals surface area contributed by atoms with Gasteiger partial charge in [0, 0.05) is 19.2 Å². The number of nitrogens with one attached hydrogen (secondary N) is 1. The number of carbonyl (C=O) groups is 1. The van der Waals surface area contributed by atoms with Gasteiger partial charge in [-0.15, -0.1) is 0 Å². The van der Waals surface area contributed by atoms with Crippen LogP contribution in [0.1, 0.15) is 53.9 Å². The number of hydrogen-bond donors (Lipinski definition) is 2. The molecule has 5 heteroatoms. The zero-order valence-corrected chi connectivity index (χ0v) is 14.6. The average Bonchev–Trinajstić information content (AvgIpc) is 2.41. The monoisotopic (exact) mass is 302 g/mol. The third kappa shape index (κ3) is 6.76. The van der Waals surface area contributed by atoms with Crippen LogP contribution >= 0.6 is 0 Å². The van der Waals surface area contributed by atoms with Crippen molar-refractivity contribution in [1.82, 2.24) is 10.2 Å². The maximum atomic E-state index is 11.7. The second-order valence-corrected chi connectivity index (χ2v) is 6.08. The number of likely N-dealkylation sites (N-methyl/N-ethyl adjacent to an activating group) is 1. The van der Waals surface area contributed by atoms with E-state index in [4.69, 9.17) is 4.74 Å². The molecule has 126 valence electrons. The minimum atomic E-state index is -0.807. The smallest absolute Gasteiger partial charge is 0.323 e. The maximum Gasteiger partial charge on any atom is 0.323 e. The SMILES string of the molecule is CCN(CCCC(CC)(NC(C)C)C(=O)O)C(C)COC. The number of aliphatic carboxylic acids is 1. The van der Waals surface area contributed by atoms with Crippen molar-refractivity contribution >= 4 is 5.97 Å². The van der Waals surface area contributed by atoms with Crippen LogP contribution in [-0.2, 0) is 9.53 Å². The van der Waals surface area contributed by atoms with E-state index < -0.39 is 11.5 Å². The van der Waals surface area contributed by atoms with Gasteiger partial charge >= 0.3 is 5.97 Å². The summed E-state index contributed by atoms with van der Waals surface area (Å²) < 4.78 is 5.20. The normalized spacial score (nSPS) is 16.2. The van der Waals surface area contributed by atoms with Crippen molar-refractivity contribution in [3.8, 4) is 0 Å². The van der Waals surface area contributed by atoms with E-state index in [0.717, 1.165) is 19.5 Å². The van der Waals surface area contributed by atoms with Crippen LogP contribution in [-0.4, -0.2) is 60.4 Å². The van der Waals surface area contributed by atoms with Crippen molar-refractivity contribution in [2.45, 2.75) is 71.5 Å². The third-order valence-electron chi connectivity index (χ3n) is 4.06. The molecule has 0 rings (SSSR count). The highest BCUT2D eigenvalue weighted by atomic mass is 16.5. The number of methoxy groups -OCH3 is 1. The molecule has 0 fully saturated rings. The van der Waals surface area contributed by atoms with Crippen molar-refractivity contribution < 1.29 is 14.6 Å². The molecule has 0 radical (unpaired) electrons. The lowest BCUT2D eigenvalue weighted by molar-refractivity contribution is -0.146. The van der Waals surface area contributed by atoms with E-state index in [1.807, 2.05) is 20.8 Å². The molecule has 0 amide bonds. The first-order valence-corrected chi connectivity index (χ1v) is 8.07. The van der Waals surface area contributed by atoms with Crippen molar-refractivity contribution in [1.29, 1.82) is 0 Å². The van der Waals surface area contributed by atoms with Gasteiger partial charge in [0.15, 0.2) is 0 Å². The molecule has 0 saturated heterocycles. The summed E-state index contributed by atoms with van der Waals surface area (Å²) in [5.41, 5.74) is -0.807. The Morgan fingerprint density at radius 2 is 1.95 bits per heavy atom. The van der Waals surface area contributed by atoms with Gasteiger partial charge in [-0.25, -0.2) is 0 Å². The molecule has 2 atom stereocenters. The van der Waals surface area contributed by atoms with Crippen molar-refractivity contribution in [2.24, 2.45) is 0 Å². The lowest BCUT2D eigenvalue weighted by Gasteiger charge is -2.33. The predicted octanol–water partition coefficient (Wildman–Crippen LogP) is 2.35. The van der Waals surface area contributed by atoms with E-state index in [9.17, 15) is 9.90 Å². The van der Waals surface area contributed by atoms with Gasteiger partial charge < -0.3 is 9.84 Å². The van der Waals surface area contributed by atoms with Crippen LogP contribution in [0.3, 0.4) is 0 Å². The van der Waals surface area contributed by atoms with Crippen LogP contribution in [0.5, 0.6) is 0 Å². The van der Waals surface area contributed by atoms with Gasteiger partial charge in [0.25, 0.3) is 0 Å². The molecular weight excluding hydrogens is 268 g/mol. The molecule has 0 aliphatic carbocycles. The Balaban J connectivity index is 4.57.